The van der Waals surface area contributed by atoms with E-state index >= 15 is 0 Å². The van der Waals surface area contributed by atoms with Crippen molar-refractivity contribution in [2.75, 3.05) is 12.3 Å². The molecule has 2 aromatic rings. The summed E-state index contributed by atoms with van der Waals surface area (Å²) in [6.45, 7) is 1.53. The Hall–Kier alpha value is -1.71. The van der Waals surface area contributed by atoms with Crippen molar-refractivity contribution < 1.29 is 4.42 Å². The molecule has 0 radical (unpaired) electrons. The molecule has 1 fully saturated rings. The highest BCUT2D eigenvalue weighted by Crippen LogP contribution is 2.26. The van der Waals surface area contributed by atoms with E-state index in [0.29, 0.717) is 6.54 Å². The zero-order valence-electron chi connectivity index (χ0n) is 11.1. The van der Waals surface area contributed by atoms with Crippen LogP contribution in [0.2, 0.25) is 0 Å². The number of furan rings is 1. The first kappa shape index (κ1) is 14.2. The van der Waals surface area contributed by atoms with Gasteiger partial charge in [0.2, 0.25) is 6.19 Å². The molecular formula is C15H12BrN3OS. The Morgan fingerprint density at radius 1 is 1.29 bits per heavy atom. The molecule has 1 aromatic carbocycles. The number of amidine groups is 1. The van der Waals surface area contributed by atoms with Gasteiger partial charge in [0.25, 0.3) is 0 Å². The fourth-order valence-electron chi connectivity index (χ4n) is 2.15. The molecule has 2 heterocycles. The minimum absolute atomic E-state index is 0.643. The Balaban J connectivity index is 1.75. The maximum atomic E-state index is 8.68. The van der Waals surface area contributed by atoms with Crippen LogP contribution in [0, 0.1) is 11.5 Å². The van der Waals surface area contributed by atoms with Crippen molar-refractivity contribution in [3.63, 3.8) is 0 Å². The van der Waals surface area contributed by atoms with Gasteiger partial charge in [-0.05, 0) is 24.3 Å². The summed E-state index contributed by atoms with van der Waals surface area (Å²) >= 11 is 5.03. The van der Waals surface area contributed by atoms with Gasteiger partial charge in [-0.1, -0.05) is 39.8 Å². The van der Waals surface area contributed by atoms with Crippen LogP contribution in [-0.4, -0.2) is 22.4 Å². The number of hydrogen-bond acceptors (Lipinski definition) is 4. The molecule has 0 amide bonds. The molecule has 1 aliphatic heterocycles. The number of nitrogens with zero attached hydrogens (tertiary/aromatic N) is 3. The molecule has 0 atom stereocenters. The van der Waals surface area contributed by atoms with Gasteiger partial charge in [0.05, 0.1) is 6.54 Å². The van der Waals surface area contributed by atoms with Crippen LogP contribution in [0.5, 0.6) is 0 Å². The summed E-state index contributed by atoms with van der Waals surface area (Å²) in [5.41, 5.74) is 1.05. The number of halogens is 1. The summed E-state index contributed by atoms with van der Waals surface area (Å²) < 4.78 is 6.94. The summed E-state index contributed by atoms with van der Waals surface area (Å²) in [6, 6.07) is 12.0. The van der Waals surface area contributed by atoms with Crippen molar-refractivity contribution in [2.24, 2.45) is 4.99 Å². The third kappa shape index (κ3) is 3.31. The van der Waals surface area contributed by atoms with Crippen molar-refractivity contribution in [3.8, 4) is 17.5 Å². The molecule has 1 saturated heterocycles. The second-order valence-electron chi connectivity index (χ2n) is 4.54. The molecule has 0 spiro atoms. The number of thioether (sulfide) groups is 1. The van der Waals surface area contributed by atoms with Gasteiger partial charge in [0, 0.05) is 22.3 Å². The van der Waals surface area contributed by atoms with E-state index in [1.807, 2.05) is 42.6 Å². The first-order valence-electron chi connectivity index (χ1n) is 6.45. The van der Waals surface area contributed by atoms with Gasteiger partial charge in [-0.3, -0.25) is 0 Å². The van der Waals surface area contributed by atoms with E-state index in [1.165, 1.54) is 0 Å². The highest BCUT2D eigenvalue weighted by Gasteiger charge is 2.20. The normalized spacial score (nSPS) is 16.4. The van der Waals surface area contributed by atoms with Crippen LogP contribution < -0.4 is 0 Å². The van der Waals surface area contributed by atoms with Crippen molar-refractivity contribution in [1.82, 2.24) is 4.90 Å². The van der Waals surface area contributed by atoms with E-state index in [9.17, 15) is 0 Å². The van der Waals surface area contributed by atoms with E-state index < -0.39 is 0 Å². The quantitative estimate of drug-likeness (QED) is 0.772. The summed E-state index contributed by atoms with van der Waals surface area (Å²) in [7, 11) is 0. The van der Waals surface area contributed by atoms with E-state index in [-0.39, 0.29) is 0 Å². The molecule has 21 heavy (non-hydrogen) atoms. The van der Waals surface area contributed by atoms with E-state index in [2.05, 4.69) is 25.8 Å². The lowest BCUT2D eigenvalue weighted by molar-refractivity contribution is 0.392. The van der Waals surface area contributed by atoms with Crippen LogP contribution in [0.15, 0.2) is 50.3 Å². The maximum absolute atomic E-state index is 8.68. The monoisotopic (exact) mass is 361 g/mol. The number of aliphatic imine (C=N–C) groups is 1. The molecule has 3 rings (SSSR count). The van der Waals surface area contributed by atoms with Crippen molar-refractivity contribution in [2.45, 2.75) is 6.54 Å². The second-order valence-corrected chi connectivity index (χ2v) is 6.51. The average Bonchev–Trinajstić information content (AvgIpc) is 3.11. The second kappa shape index (κ2) is 6.37. The van der Waals surface area contributed by atoms with Gasteiger partial charge < -0.3 is 9.32 Å². The Kier molecular flexibility index (Phi) is 4.32. The van der Waals surface area contributed by atoms with Crippen LogP contribution in [0.25, 0.3) is 11.3 Å². The molecule has 0 N–H and O–H groups in total. The smallest absolute Gasteiger partial charge is 0.208 e. The van der Waals surface area contributed by atoms with E-state index in [0.717, 1.165) is 39.0 Å². The third-order valence-electron chi connectivity index (χ3n) is 3.15. The fourth-order valence-corrected chi connectivity index (χ4v) is 3.35. The fraction of sp³-hybridized carbons (Fsp3) is 0.200. The lowest BCUT2D eigenvalue weighted by Gasteiger charge is -2.14. The van der Waals surface area contributed by atoms with Gasteiger partial charge in [-0.2, -0.15) is 5.26 Å². The topological polar surface area (TPSA) is 52.5 Å². The van der Waals surface area contributed by atoms with Crippen LogP contribution in [0.1, 0.15) is 5.76 Å². The lowest BCUT2D eigenvalue weighted by Crippen LogP contribution is -2.23. The first-order chi connectivity index (χ1) is 10.3. The Morgan fingerprint density at radius 3 is 2.86 bits per heavy atom. The molecule has 1 aromatic heterocycles. The number of hydrogen-bond donors (Lipinski definition) is 0. The van der Waals surface area contributed by atoms with Crippen LogP contribution >= 0.6 is 27.7 Å². The Bertz CT molecular complexity index is 702. The number of nitriles is 1. The van der Waals surface area contributed by atoms with Gasteiger partial charge >= 0.3 is 0 Å². The molecule has 1 aliphatic rings. The van der Waals surface area contributed by atoms with E-state index in [1.54, 1.807) is 11.8 Å². The van der Waals surface area contributed by atoms with Gasteiger partial charge in [0.15, 0.2) is 5.17 Å². The predicted octanol–water partition coefficient (Wildman–Crippen LogP) is 4.09. The zero-order valence-corrected chi connectivity index (χ0v) is 13.5. The third-order valence-corrected chi connectivity index (χ3v) is 4.67. The summed E-state index contributed by atoms with van der Waals surface area (Å²) in [6.07, 6.45) is 1.85. The van der Waals surface area contributed by atoms with Gasteiger partial charge in [-0.15, -0.1) is 4.99 Å². The number of benzene rings is 1. The molecule has 0 saturated carbocycles. The lowest BCUT2D eigenvalue weighted by atomic mass is 10.2. The standard InChI is InChI=1S/C15H12BrN3OS/c16-12-3-1-11(2-4-12)14-6-5-13(20-14)9-19-7-8-21-15(19)18-10-17/h1-6H,7-9H2. The van der Waals surface area contributed by atoms with Crippen LogP contribution in [0.4, 0.5) is 0 Å². The minimum Gasteiger partial charge on any atom is -0.459 e. The highest BCUT2D eigenvalue weighted by atomic mass is 79.9. The SMILES string of the molecule is N#CN=C1SCCN1Cc1ccc(-c2ccc(Br)cc2)o1. The molecule has 0 unspecified atom stereocenters. The minimum atomic E-state index is 0.643. The number of rotatable bonds is 3. The average molecular weight is 362 g/mol. The van der Waals surface area contributed by atoms with Crippen LogP contribution in [0.3, 0.4) is 0 Å². The maximum Gasteiger partial charge on any atom is 0.208 e. The molecule has 0 bridgehead atoms. The Labute approximate surface area is 135 Å². The molecule has 0 aliphatic carbocycles. The van der Waals surface area contributed by atoms with Crippen molar-refractivity contribution in [3.05, 3.63) is 46.6 Å². The van der Waals surface area contributed by atoms with E-state index in [4.69, 9.17) is 9.68 Å². The van der Waals surface area contributed by atoms with Gasteiger partial charge in [0.1, 0.15) is 11.5 Å². The predicted molar refractivity (Wildman–Crippen MR) is 87.8 cm³/mol. The summed E-state index contributed by atoms with van der Waals surface area (Å²) in [5.74, 6) is 2.69. The van der Waals surface area contributed by atoms with Crippen LogP contribution in [-0.2, 0) is 6.54 Å². The molecule has 4 nitrogen and oxygen atoms in total. The molecular weight excluding hydrogens is 350 g/mol. The van der Waals surface area contributed by atoms with Crippen molar-refractivity contribution >= 4 is 32.9 Å². The Morgan fingerprint density at radius 2 is 2.10 bits per heavy atom. The first-order valence-corrected chi connectivity index (χ1v) is 8.23. The van der Waals surface area contributed by atoms with Crippen molar-refractivity contribution in [1.29, 1.82) is 5.26 Å². The molecule has 6 heteroatoms. The van der Waals surface area contributed by atoms with Gasteiger partial charge in [-0.25, -0.2) is 0 Å². The zero-order chi connectivity index (χ0) is 14.7. The summed E-state index contributed by atoms with van der Waals surface area (Å²) in [4.78, 5) is 5.91. The summed E-state index contributed by atoms with van der Waals surface area (Å²) in [5, 5.41) is 9.46. The highest BCUT2D eigenvalue weighted by molar-refractivity contribution is 9.10. The molecule has 106 valence electrons. The largest absolute Gasteiger partial charge is 0.459 e.